The lowest BCUT2D eigenvalue weighted by Crippen LogP contribution is -2.05. The summed E-state index contributed by atoms with van der Waals surface area (Å²) in [5.41, 5.74) is 0. The first-order chi connectivity index (χ1) is 4.81. The molecule has 10 heavy (non-hydrogen) atoms. The van der Waals surface area contributed by atoms with Crippen LogP contribution in [0.4, 0.5) is 0 Å². The van der Waals surface area contributed by atoms with Gasteiger partial charge in [-0.05, 0) is 0 Å². The summed E-state index contributed by atoms with van der Waals surface area (Å²) in [7, 11) is 1.63. The van der Waals surface area contributed by atoms with Gasteiger partial charge in [-0.2, -0.15) is 0 Å². The van der Waals surface area contributed by atoms with Crippen LogP contribution in [-0.4, -0.2) is 26.3 Å². The second kappa shape index (κ2) is 6.55. The van der Waals surface area contributed by atoms with Crippen LogP contribution in [0.5, 0.6) is 0 Å². The summed E-state index contributed by atoms with van der Waals surface area (Å²) < 4.78 is 9.54. The van der Waals surface area contributed by atoms with E-state index in [0.29, 0.717) is 19.6 Å². The predicted molar refractivity (Wildman–Crippen MR) is 37.7 cm³/mol. The Morgan fingerprint density at radius 1 is 1.40 bits per heavy atom. The van der Waals surface area contributed by atoms with E-state index in [-0.39, 0.29) is 5.97 Å². The maximum Gasteiger partial charge on any atom is 0.305 e. The standard InChI is InChI=1S/C7H14O3/c1-3-7(8)10-6-4-5-9-2/h3-6H2,1-2H3. The first-order valence-electron chi connectivity index (χ1n) is 3.45. The lowest BCUT2D eigenvalue weighted by molar-refractivity contribution is -0.143. The molecule has 0 saturated carbocycles. The van der Waals surface area contributed by atoms with Crippen molar-refractivity contribution in [2.45, 2.75) is 19.8 Å². The Kier molecular flexibility index (Phi) is 6.18. The Hall–Kier alpha value is -0.570. The fourth-order valence-corrected chi connectivity index (χ4v) is 0.491. The molecule has 0 aromatic rings. The maximum atomic E-state index is 10.5. The highest BCUT2D eigenvalue weighted by Gasteiger charge is 1.95. The van der Waals surface area contributed by atoms with E-state index in [0.717, 1.165) is 6.42 Å². The zero-order chi connectivity index (χ0) is 7.82. The van der Waals surface area contributed by atoms with Crippen LogP contribution in [0.3, 0.4) is 0 Å². The minimum Gasteiger partial charge on any atom is -0.466 e. The van der Waals surface area contributed by atoms with Crippen molar-refractivity contribution in [3.8, 4) is 0 Å². The van der Waals surface area contributed by atoms with Crippen molar-refractivity contribution in [3.63, 3.8) is 0 Å². The summed E-state index contributed by atoms with van der Waals surface area (Å²) in [4.78, 5) is 10.5. The monoisotopic (exact) mass is 146 g/mol. The van der Waals surface area contributed by atoms with Crippen molar-refractivity contribution in [2.24, 2.45) is 0 Å². The van der Waals surface area contributed by atoms with Crippen molar-refractivity contribution in [1.82, 2.24) is 0 Å². The van der Waals surface area contributed by atoms with Crippen LogP contribution in [0, 0.1) is 0 Å². The molecule has 60 valence electrons. The van der Waals surface area contributed by atoms with Gasteiger partial charge in [0.2, 0.25) is 0 Å². The molecule has 0 saturated heterocycles. The number of carbonyl (C=O) groups excluding carboxylic acids is 1. The Morgan fingerprint density at radius 3 is 2.60 bits per heavy atom. The molecule has 0 aliphatic rings. The summed E-state index contributed by atoms with van der Waals surface area (Å²) >= 11 is 0. The van der Waals surface area contributed by atoms with Gasteiger partial charge in [0.15, 0.2) is 0 Å². The van der Waals surface area contributed by atoms with Gasteiger partial charge in [-0.3, -0.25) is 4.79 Å². The number of rotatable bonds is 5. The second-order valence-corrected chi connectivity index (χ2v) is 1.92. The largest absolute Gasteiger partial charge is 0.466 e. The van der Waals surface area contributed by atoms with Gasteiger partial charge < -0.3 is 9.47 Å². The van der Waals surface area contributed by atoms with Gasteiger partial charge in [-0.1, -0.05) is 6.92 Å². The molecule has 3 heteroatoms. The minimum absolute atomic E-state index is 0.142. The van der Waals surface area contributed by atoms with Gasteiger partial charge in [0, 0.05) is 26.6 Å². The highest BCUT2D eigenvalue weighted by molar-refractivity contribution is 5.68. The van der Waals surface area contributed by atoms with E-state index in [2.05, 4.69) is 0 Å². The lowest BCUT2D eigenvalue weighted by atomic mass is 10.5. The average molecular weight is 146 g/mol. The molecule has 0 fully saturated rings. The molecule has 3 nitrogen and oxygen atoms in total. The van der Waals surface area contributed by atoms with Gasteiger partial charge >= 0.3 is 5.97 Å². The van der Waals surface area contributed by atoms with E-state index < -0.39 is 0 Å². The van der Waals surface area contributed by atoms with E-state index in [1.165, 1.54) is 0 Å². The van der Waals surface area contributed by atoms with Gasteiger partial charge in [0.05, 0.1) is 6.61 Å². The van der Waals surface area contributed by atoms with Gasteiger partial charge in [0.1, 0.15) is 0 Å². The smallest absolute Gasteiger partial charge is 0.305 e. The molecule has 0 atom stereocenters. The molecule has 0 N–H and O–H groups in total. The number of hydrogen-bond acceptors (Lipinski definition) is 3. The third-order valence-corrected chi connectivity index (χ3v) is 1.04. The number of carbonyl (C=O) groups is 1. The van der Waals surface area contributed by atoms with Gasteiger partial charge in [-0.15, -0.1) is 0 Å². The van der Waals surface area contributed by atoms with Crippen molar-refractivity contribution in [1.29, 1.82) is 0 Å². The number of esters is 1. The average Bonchev–Trinajstić information content (AvgIpc) is 1.98. The Balaban J connectivity index is 2.96. The maximum absolute atomic E-state index is 10.5. The Labute approximate surface area is 61.3 Å². The fraction of sp³-hybridized carbons (Fsp3) is 0.857. The third-order valence-electron chi connectivity index (χ3n) is 1.04. The van der Waals surface area contributed by atoms with E-state index in [4.69, 9.17) is 9.47 Å². The first-order valence-corrected chi connectivity index (χ1v) is 3.45. The van der Waals surface area contributed by atoms with Crippen LogP contribution >= 0.6 is 0 Å². The summed E-state index contributed by atoms with van der Waals surface area (Å²) in [6.07, 6.45) is 1.23. The van der Waals surface area contributed by atoms with Crippen LogP contribution < -0.4 is 0 Å². The van der Waals surface area contributed by atoms with Crippen LogP contribution in [0.25, 0.3) is 0 Å². The Morgan fingerprint density at radius 2 is 2.10 bits per heavy atom. The van der Waals surface area contributed by atoms with Crippen LogP contribution in [0.2, 0.25) is 0 Å². The van der Waals surface area contributed by atoms with Crippen molar-refractivity contribution in [3.05, 3.63) is 0 Å². The molecule has 0 bridgehead atoms. The van der Waals surface area contributed by atoms with Gasteiger partial charge in [-0.25, -0.2) is 0 Å². The molecule has 0 aliphatic heterocycles. The SMILES string of the molecule is CCC(=O)OCCCOC. The van der Waals surface area contributed by atoms with E-state index in [1.807, 2.05) is 0 Å². The zero-order valence-electron chi connectivity index (χ0n) is 6.55. The summed E-state index contributed by atoms with van der Waals surface area (Å²) in [6, 6.07) is 0. The molecule has 0 rings (SSSR count). The van der Waals surface area contributed by atoms with E-state index in [1.54, 1.807) is 14.0 Å². The predicted octanol–water partition coefficient (Wildman–Crippen LogP) is 0.976. The molecule has 0 spiro atoms. The summed E-state index contributed by atoms with van der Waals surface area (Å²) in [5.74, 6) is -0.142. The highest BCUT2D eigenvalue weighted by Crippen LogP contribution is 1.87. The quantitative estimate of drug-likeness (QED) is 0.428. The molecule has 0 aromatic heterocycles. The van der Waals surface area contributed by atoms with Crippen LogP contribution in [-0.2, 0) is 14.3 Å². The normalized spacial score (nSPS) is 9.40. The number of ether oxygens (including phenoxy) is 2. The molecular weight excluding hydrogens is 132 g/mol. The lowest BCUT2D eigenvalue weighted by Gasteiger charge is -2.00. The third kappa shape index (κ3) is 5.56. The molecule has 0 aliphatic carbocycles. The minimum atomic E-state index is -0.142. The molecule has 0 radical (unpaired) electrons. The van der Waals surface area contributed by atoms with Crippen molar-refractivity contribution >= 4 is 5.97 Å². The molecular formula is C7H14O3. The number of hydrogen-bond donors (Lipinski definition) is 0. The summed E-state index contributed by atoms with van der Waals surface area (Å²) in [5, 5.41) is 0. The molecule has 0 aromatic carbocycles. The van der Waals surface area contributed by atoms with Gasteiger partial charge in [0.25, 0.3) is 0 Å². The zero-order valence-corrected chi connectivity index (χ0v) is 6.55. The molecule has 0 amide bonds. The van der Waals surface area contributed by atoms with E-state index >= 15 is 0 Å². The fourth-order valence-electron chi connectivity index (χ4n) is 0.491. The molecule has 0 heterocycles. The van der Waals surface area contributed by atoms with Crippen LogP contribution in [0.15, 0.2) is 0 Å². The van der Waals surface area contributed by atoms with Crippen LogP contribution in [0.1, 0.15) is 19.8 Å². The van der Waals surface area contributed by atoms with E-state index in [9.17, 15) is 4.79 Å². The summed E-state index contributed by atoms with van der Waals surface area (Å²) in [6.45, 7) is 2.90. The Bertz CT molecular complexity index is 90.9. The topological polar surface area (TPSA) is 35.5 Å². The van der Waals surface area contributed by atoms with Crippen molar-refractivity contribution in [2.75, 3.05) is 20.3 Å². The number of methoxy groups -OCH3 is 1. The second-order valence-electron chi connectivity index (χ2n) is 1.92. The first kappa shape index (κ1) is 9.43. The highest BCUT2D eigenvalue weighted by atomic mass is 16.5. The van der Waals surface area contributed by atoms with Crippen molar-refractivity contribution < 1.29 is 14.3 Å². The molecule has 0 unspecified atom stereocenters.